The first-order valence-electron chi connectivity index (χ1n) is 7.37. The fourth-order valence-electron chi connectivity index (χ4n) is 2.20. The summed E-state index contributed by atoms with van der Waals surface area (Å²) in [7, 11) is 0. The van der Waals surface area contributed by atoms with E-state index in [1.54, 1.807) is 0 Å². The molecular formula is C14H30N2O2. The van der Waals surface area contributed by atoms with E-state index in [0.29, 0.717) is 6.42 Å². The molecule has 1 atom stereocenters. The summed E-state index contributed by atoms with van der Waals surface area (Å²) >= 11 is 0. The molecule has 4 N–H and O–H groups in total. The number of nitrogens with two attached hydrogens (primary N) is 1. The smallest absolute Gasteiger partial charge is 0.237 e. The van der Waals surface area contributed by atoms with Gasteiger partial charge in [0.2, 0.25) is 5.91 Å². The van der Waals surface area contributed by atoms with Crippen LogP contribution in [0.1, 0.15) is 71.1 Å². The number of unbranched alkanes of at least 4 members (excludes halogenated alkanes) is 7. The molecule has 0 saturated heterocycles. The van der Waals surface area contributed by atoms with E-state index >= 15 is 0 Å². The fourth-order valence-corrected chi connectivity index (χ4v) is 2.20. The number of aliphatic hydroxyl groups is 1. The lowest BCUT2D eigenvalue weighted by Gasteiger charge is -2.13. The average Bonchev–Trinajstić information content (AvgIpc) is 2.39. The number of hydrazine groups is 1. The molecule has 108 valence electrons. The quantitative estimate of drug-likeness (QED) is 0.218. The van der Waals surface area contributed by atoms with E-state index in [4.69, 9.17) is 10.9 Å². The number of carbonyl (C=O) groups excluding carboxylic acids is 1. The minimum atomic E-state index is -0.146. The standard InChI is InChI=1S/C14H30N2O2/c1-2-3-4-5-6-7-8-9-10-13(11-12-17)14(18)16-15/h13,17H,2-12,15H2,1H3,(H,16,18). The Kier molecular flexibility index (Phi) is 12.4. The highest BCUT2D eigenvalue weighted by Crippen LogP contribution is 2.15. The average molecular weight is 258 g/mol. The van der Waals surface area contributed by atoms with Gasteiger partial charge in [-0.25, -0.2) is 5.84 Å². The zero-order chi connectivity index (χ0) is 13.6. The Morgan fingerprint density at radius 3 is 2.11 bits per heavy atom. The number of rotatable bonds is 12. The van der Waals surface area contributed by atoms with Gasteiger partial charge in [-0.05, 0) is 12.8 Å². The van der Waals surface area contributed by atoms with E-state index in [-0.39, 0.29) is 18.4 Å². The van der Waals surface area contributed by atoms with Gasteiger partial charge in [-0.15, -0.1) is 0 Å². The summed E-state index contributed by atoms with van der Waals surface area (Å²) in [6.07, 6.45) is 11.4. The molecule has 4 nitrogen and oxygen atoms in total. The van der Waals surface area contributed by atoms with E-state index in [0.717, 1.165) is 12.8 Å². The Labute approximate surface area is 111 Å². The summed E-state index contributed by atoms with van der Waals surface area (Å²) in [4.78, 5) is 11.4. The van der Waals surface area contributed by atoms with Crippen LogP contribution in [-0.4, -0.2) is 17.6 Å². The molecule has 0 aromatic heterocycles. The third-order valence-corrected chi connectivity index (χ3v) is 3.40. The van der Waals surface area contributed by atoms with Gasteiger partial charge in [0.25, 0.3) is 0 Å². The third kappa shape index (κ3) is 9.42. The molecule has 0 aliphatic heterocycles. The van der Waals surface area contributed by atoms with Gasteiger partial charge in [0.15, 0.2) is 0 Å². The topological polar surface area (TPSA) is 75.3 Å². The van der Waals surface area contributed by atoms with Gasteiger partial charge in [-0.3, -0.25) is 10.2 Å². The summed E-state index contributed by atoms with van der Waals surface area (Å²) in [6, 6.07) is 0. The van der Waals surface area contributed by atoms with Gasteiger partial charge in [-0.2, -0.15) is 0 Å². The van der Waals surface area contributed by atoms with E-state index in [1.165, 1.54) is 44.9 Å². The van der Waals surface area contributed by atoms with Crippen LogP contribution in [0.25, 0.3) is 0 Å². The Hall–Kier alpha value is -0.610. The molecule has 0 aliphatic carbocycles. The van der Waals surface area contributed by atoms with Crippen molar-refractivity contribution < 1.29 is 9.90 Å². The molecule has 1 unspecified atom stereocenters. The number of hydrogen-bond donors (Lipinski definition) is 3. The summed E-state index contributed by atoms with van der Waals surface area (Å²) in [6.45, 7) is 2.28. The first kappa shape index (κ1) is 17.4. The van der Waals surface area contributed by atoms with E-state index in [1.807, 2.05) is 0 Å². The lowest BCUT2D eigenvalue weighted by Crippen LogP contribution is -2.36. The monoisotopic (exact) mass is 258 g/mol. The van der Waals surface area contributed by atoms with E-state index < -0.39 is 0 Å². The maximum atomic E-state index is 11.4. The van der Waals surface area contributed by atoms with Crippen LogP contribution in [0.4, 0.5) is 0 Å². The molecule has 0 aromatic carbocycles. The lowest BCUT2D eigenvalue weighted by molar-refractivity contribution is -0.125. The SMILES string of the molecule is CCCCCCCCCCC(CCO)C(=O)NN. The van der Waals surface area contributed by atoms with Crippen LogP contribution in [0.5, 0.6) is 0 Å². The van der Waals surface area contributed by atoms with Crippen molar-refractivity contribution in [3.8, 4) is 0 Å². The van der Waals surface area contributed by atoms with Crippen molar-refractivity contribution in [2.45, 2.75) is 71.1 Å². The van der Waals surface area contributed by atoms with Gasteiger partial charge in [0.1, 0.15) is 0 Å². The molecule has 0 aliphatic rings. The van der Waals surface area contributed by atoms with Crippen LogP contribution in [-0.2, 0) is 4.79 Å². The molecule has 0 radical (unpaired) electrons. The van der Waals surface area contributed by atoms with Crippen molar-refractivity contribution in [1.29, 1.82) is 0 Å². The molecule has 0 aromatic rings. The Balaban J connectivity index is 3.46. The summed E-state index contributed by atoms with van der Waals surface area (Å²) in [5.41, 5.74) is 2.18. The van der Waals surface area contributed by atoms with Crippen molar-refractivity contribution in [3.63, 3.8) is 0 Å². The van der Waals surface area contributed by atoms with Crippen LogP contribution in [0.15, 0.2) is 0 Å². The summed E-state index contributed by atoms with van der Waals surface area (Å²) < 4.78 is 0. The summed E-state index contributed by atoms with van der Waals surface area (Å²) in [5.74, 6) is 4.85. The molecular weight excluding hydrogens is 228 g/mol. The van der Waals surface area contributed by atoms with Crippen molar-refractivity contribution >= 4 is 5.91 Å². The number of nitrogens with one attached hydrogen (secondary N) is 1. The zero-order valence-corrected chi connectivity index (χ0v) is 11.8. The minimum Gasteiger partial charge on any atom is -0.396 e. The van der Waals surface area contributed by atoms with E-state index in [9.17, 15) is 4.79 Å². The summed E-state index contributed by atoms with van der Waals surface area (Å²) in [5, 5.41) is 8.88. The second-order valence-electron chi connectivity index (χ2n) is 4.98. The van der Waals surface area contributed by atoms with E-state index in [2.05, 4.69) is 12.3 Å². The largest absolute Gasteiger partial charge is 0.396 e. The van der Waals surface area contributed by atoms with Gasteiger partial charge < -0.3 is 5.11 Å². The molecule has 4 heteroatoms. The highest BCUT2D eigenvalue weighted by atomic mass is 16.3. The highest BCUT2D eigenvalue weighted by Gasteiger charge is 2.15. The van der Waals surface area contributed by atoms with Crippen LogP contribution in [0.2, 0.25) is 0 Å². The maximum absolute atomic E-state index is 11.4. The van der Waals surface area contributed by atoms with Crippen molar-refractivity contribution in [1.82, 2.24) is 5.43 Å². The minimum absolute atomic E-state index is 0.0507. The highest BCUT2D eigenvalue weighted by molar-refractivity contribution is 5.77. The number of amides is 1. The molecule has 0 heterocycles. The zero-order valence-electron chi connectivity index (χ0n) is 11.8. The molecule has 18 heavy (non-hydrogen) atoms. The predicted octanol–water partition coefficient (Wildman–Crippen LogP) is 2.51. The number of carbonyl (C=O) groups is 1. The molecule has 0 saturated carbocycles. The third-order valence-electron chi connectivity index (χ3n) is 3.40. The van der Waals surface area contributed by atoms with Gasteiger partial charge >= 0.3 is 0 Å². The Morgan fingerprint density at radius 2 is 1.61 bits per heavy atom. The number of aliphatic hydroxyl groups excluding tert-OH is 1. The molecule has 0 bridgehead atoms. The normalized spacial score (nSPS) is 12.4. The van der Waals surface area contributed by atoms with Crippen molar-refractivity contribution in [2.24, 2.45) is 11.8 Å². The fraction of sp³-hybridized carbons (Fsp3) is 0.929. The first-order chi connectivity index (χ1) is 8.76. The maximum Gasteiger partial charge on any atom is 0.237 e. The second-order valence-corrected chi connectivity index (χ2v) is 4.98. The number of hydrogen-bond acceptors (Lipinski definition) is 3. The Bertz CT molecular complexity index is 198. The van der Waals surface area contributed by atoms with Gasteiger partial charge in [0, 0.05) is 12.5 Å². The van der Waals surface area contributed by atoms with Crippen molar-refractivity contribution in [2.75, 3.05) is 6.61 Å². The van der Waals surface area contributed by atoms with Crippen LogP contribution in [0, 0.1) is 5.92 Å². The van der Waals surface area contributed by atoms with Crippen LogP contribution < -0.4 is 11.3 Å². The second kappa shape index (κ2) is 12.8. The van der Waals surface area contributed by atoms with Crippen molar-refractivity contribution in [3.05, 3.63) is 0 Å². The molecule has 0 fully saturated rings. The van der Waals surface area contributed by atoms with Crippen LogP contribution >= 0.6 is 0 Å². The van der Waals surface area contributed by atoms with Crippen LogP contribution in [0.3, 0.4) is 0 Å². The molecule has 0 spiro atoms. The lowest BCUT2D eigenvalue weighted by atomic mass is 9.96. The predicted molar refractivity (Wildman–Crippen MR) is 74.7 cm³/mol. The van der Waals surface area contributed by atoms with Gasteiger partial charge in [-0.1, -0.05) is 58.3 Å². The molecule has 0 rings (SSSR count). The van der Waals surface area contributed by atoms with Gasteiger partial charge in [0.05, 0.1) is 0 Å². The molecule has 1 amide bonds. The Morgan fingerprint density at radius 1 is 1.06 bits per heavy atom. The first-order valence-corrected chi connectivity index (χ1v) is 7.37.